The average molecular weight is 645 g/mol. The van der Waals surface area contributed by atoms with Crippen molar-refractivity contribution >= 4 is 34.2 Å². The smallest absolute Gasteiger partial charge is 0.0737 e. The first kappa shape index (κ1) is 29.8. The quantitative estimate of drug-likeness (QED) is 0.200. The third-order valence-electron chi connectivity index (χ3n) is 10.2. The van der Waals surface area contributed by atoms with Crippen molar-refractivity contribution in [3.8, 4) is 44.5 Å². The van der Waals surface area contributed by atoms with Gasteiger partial charge in [-0.3, -0.25) is 4.98 Å². The fraction of sp³-hybridized carbons (Fsp3) is 0.0870. The van der Waals surface area contributed by atoms with Gasteiger partial charge in [-0.25, -0.2) is 4.98 Å². The Labute approximate surface area is 291 Å². The van der Waals surface area contributed by atoms with Crippen LogP contribution in [0.15, 0.2) is 146 Å². The van der Waals surface area contributed by atoms with Crippen LogP contribution in [0.5, 0.6) is 0 Å². The first-order valence-electron chi connectivity index (χ1n) is 17.3. The Kier molecular flexibility index (Phi) is 7.35. The van der Waals surface area contributed by atoms with Crippen molar-refractivity contribution in [1.29, 1.82) is 0 Å². The first-order valence-corrected chi connectivity index (χ1v) is 17.3. The summed E-state index contributed by atoms with van der Waals surface area (Å²) >= 11 is 0. The van der Waals surface area contributed by atoms with Gasteiger partial charge in [-0.15, -0.1) is 0 Å². The minimum absolute atomic E-state index is 0.179. The second-order valence-electron chi connectivity index (χ2n) is 13.2. The molecule has 50 heavy (non-hydrogen) atoms. The number of nitrogens with zero attached hydrogens (tertiary/aromatic N) is 2. The Hall–Kier alpha value is -6.26. The van der Waals surface area contributed by atoms with Crippen LogP contribution in [-0.2, 0) is 0 Å². The first-order chi connectivity index (χ1) is 24.6. The van der Waals surface area contributed by atoms with E-state index in [1.807, 2.05) is 0 Å². The van der Waals surface area contributed by atoms with Gasteiger partial charge in [0.15, 0.2) is 0 Å². The number of benzene rings is 4. The molecule has 2 unspecified atom stereocenters. The minimum atomic E-state index is 0.179. The van der Waals surface area contributed by atoms with E-state index in [9.17, 15) is 0 Å². The van der Waals surface area contributed by atoms with Crippen molar-refractivity contribution < 1.29 is 0 Å². The lowest BCUT2D eigenvalue weighted by Gasteiger charge is -2.14. The zero-order valence-corrected chi connectivity index (χ0v) is 28.1. The third-order valence-corrected chi connectivity index (χ3v) is 10.2. The maximum atomic E-state index is 5.62. The van der Waals surface area contributed by atoms with Crippen LogP contribution >= 0.6 is 0 Å². The van der Waals surface area contributed by atoms with E-state index in [0.29, 0.717) is 0 Å². The summed E-state index contributed by atoms with van der Waals surface area (Å²) < 4.78 is 0. The lowest BCUT2D eigenvalue weighted by atomic mass is 9.87. The van der Waals surface area contributed by atoms with E-state index < -0.39 is 0 Å². The summed E-state index contributed by atoms with van der Waals surface area (Å²) in [6.07, 6.45) is 4.30. The summed E-state index contributed by atoms with van der Waals surface area (Å²) in [5.74, 6) is 0.359. The molecule has 0 saturated heterocycles. The van der Waals surface area contributed by atoms with E-state index in [1.165, 1.54) is 0 Å². The van der Waals surface area contributed by atoms with E-state index >= 15 is 0 Å². The molecule has 4 heteroatoms. The van der Waals surface area contributed by atoms with Gasteiger partial charge in [0.25, 0.3) is 0 Å². The summed E-state index contributed by atoms with van der Waals surface area (Å²) in [5, 5.41) is 0. The van der Waals surface area contributed by atoms with Crippen LogP contribution in [0.2, 0.25) is 0 Å². The molecule has 240 valence electrons. The molecular formula is C46H36N4. The number of rotatable bonds is 4. The summed E-state index contributed by atoms with van der Waals surface area (Å²) in [7, 11) is 0. The molecule has 5 heterocycles. The SMILES string of the molecule is CC1c2nc(c(-c3ccccc3)c3ccc([nH]3)c(-c3ccccc3)c3nc(c(-c4ccccc4)c4ccc([nH]4)c2-c2ccccc2)C=C3)C1C. The summed E-state index contributed by atoms with van der Waals surface area (Å²) in [4.78, 5) is 18.8. The topological polar surface area (TPSA) is 57.4 Å². The molecule has 0 fully saturated rings. The lowest BCUT2D eigenvalue weighted by molar-refractivity contribution is 0.657. The van der Waals surface area contributed by atoms with Crippen LogP contribution in [0.25, 0.3) is 78.7 Å². The van der Waals surface area contributed by atoms with Crippen molar-refractivity contribution in [2.75, 3.05) is 0 Å². The molecule has 0 radical (unpaired) electrons. The number of aromatic amines is 2. The van der Waals surface area contributed by atoms with E-state index in [4.69, 9.17) is 9.97 Å². The fourth-order valence-corrected chi connectivity index (χ4v) is 7.57. The van der Waals surface area contributed by atoms with Gasteiger partial charge in [0.1, 0.15) is 0 Å². The largest absolute Gasteiger partial charge is 0.354 e. The van der Waals surface area contributed by atoms with Gasteiger partial charge >= 0.3 is 0 Å². The molecule has 0 spiro atoms. The van der Waals surface area contributed by atoms with Crippen LogP contribution < -0.4 is 0 Å². The molecular weight excluding hydrogens is 609 g/mol. The molecule has 0 aliphatic carbocycles. The van der Waals surface area contributed by atoms with Crippen LogP contribution in [-0.4, -0.2) is 19.9 Å². The maximum absolute atomic E-state index is 5.62. The molecule has 0 amide bonds. The number of fused-ring (bicyclic) bond motifs is 8. The standard InChI is InChI=1S/C46H36N4/c1-29-30(2)46-44(34-21-13-6-14-22-34)40-28-26-38(49-40)42(32-17-9-4-10-18-32)36-24-23-35(47-36)41(31-15-7-3-8-16-31)37-25-27-39(48-37)43(45(29)50-46)33-19-11-5-12-20-33/h3-30,48-49H,1-2H3. The second kappa shape index (κ2) is 12.3. The molecule has 7 aromatic rings. The molecule has 2 aliphatic rings. The number of hydrogen-bond acceptors (Lipinski definition) is 2. The predicted molar refractivity (Wildman–Crippen MR) is 209 cm³/mol. The van der Waals surface area contributed by atoms with Crippen LogP contribution in [0.4, 0.5) is 0 Å². The van der Waals surface area contributed by atoms with Gasteiger partial charge in [-0.05, 0) is 58.7 Å². The van der Waals surface area contributed by atoms with Crippen molar-refractivity contribution in [1.82, 2.24) is 19.9 Å². The van der Waals surface area contributed by atoms with Crippen molar-refractivity contribution in [2.24, 2.45) is 0 Å². The highest BCUT2D eigenvalue weighted by atomic mass is 14.8. The third kappa shape index (κ3) is 5.08. The molecule has 0 saturated carbocycles. The molecule has 4 aromatic carbocycles. The maximum Gasteiger partial charge on any atom is 0.0737 e. The van der Waals surface area contributed by atoms with Crippen molar-refractivity contribution in [3.05, 3.63) is 168 Å². The lowest BCUT2D eigenvalue weighted by Crippen LogP contribution is -1.99. The van der Waals surface area contributed by atoms with E-state index in [1.54, 1.807) is 0 Å². The van der Waals surface area contributed by atoms with Crippen LogP contribution in [0.3, 0.4) is 0 Å². The van der Waals surface area contributed by atoms with Crippen LogP contribution in [0, 0.1) is 0 Å². The number of nitrogens with one attached hydrogen (secondary N) is 2. The van der Waals surface area contributed by atoms with Gasteiger partial charge in [-0.1, -0.05) is 135 Å². The van der Waals surface area contributed by atoms with Gasteiger partial charge in [0.05, 0.1) is 22.8 Å². The Balaban J connectivity index is 1.51. The zero-order chi connectivity index (χ0) is 33.6. The van der Waals surface area contributed by atoms with E-state index in [-0.39, 0.29) is 11.8 Å². The Morgan fingerprint density at radius 1 is 0.360 bits per heavy atom. The minimum Gasteiger partial charge on any atom is -0.354 e. The Morgan fingerprint density at radius 3 is 1.00 bits per heavy atom. The summed E-state index contributed by atoms with van der Waals surface area (Å²) in [6, 6.07) is 51.3. The molecule has 9 rings (SSSR count). The highest BCUT2D eigenvalue weighted by molar-refractivity contribution is 5.97. The highest BCUT2D eigenvalue weighted by Gasteiger charge is 2.31. The van der Waals surface area contributed by atoms with Gasteiger partial charge in [0.2, 0.25) is 0 Å². The second-order valence-corrected chi connectivity index (χ2v) is 13.2. The molecule has 4 nitrogen and oxygen atoms in total. The zero-order valence-electron chi connectivity index (χ0n) is 28.1. The van der Waals surface area contributed by atoms with Gasteiger partial charge in [-0.2, -0.15) is 0 Å². The van der Waals surface area contributed by atoms with E-state index in [2.05, 4.69) is 182 Å². The average Bonchev–Trinajstić information content (AvgIpc) is 3.99. The molecule has 2 aliphatic heterocycles. The number of aromatic nitrogens is 4. The van der Waals surface area contributed by atoms with Crippen molar-refractivity contribution in [3.63, 3.8) is 0 Å². The molecule has 2 N–H and O–H groups in total. The highest BCUT2D eigenvalue weighted by Crippen LogP contribution is 2.46. The summed E-state index contributed by atoms with van der Waals surface area (Å²) in [5.41, 5.74) is 17.0. The molecule has 3 aromatic heterocycles. The van der Waals surface area contributed by atoms with Crippen LogP contribution in [0.1, 0.15) is 48.5 Å². The van der Waals surface area contributed by atoms with E-state index in [0.717, 1.165) is 89.4 Å². The summed E-state index contributed by atoms with van der Waals surface area (Å²) in [6.45, 7) is 4.64. The number of hydrogen-bond donors (Lipinski definition) is 2. The Bertz CT molecular complexity index is 2370. The number of H-pyrrole nitrogens is 2. The molecule has 2 atom stereocenters. The Morgan fingerprint density at radius 2 is 0.660 bits per heavy atom. The van der Waals surface area contributed by atoms with Gasteiger partial charge < -0.3 is 9.97 Å². The predicted octanol–water partition coefficient (Wildman–Crippen LogP) is 12.1. The fourth-order valence-electron chi connectivity index (χ4n) is 7.57. The normalized spacial score (nSPS) is 15.3. The molecule has 8 bridgehead atoms. The van der Waals surface area contributed by atoms with Crippen molar-refractivity contribution in [2.45, 2.75) is 25.7 Å². The monoisotopic (exact) mass is 644 g/mol. The van der Waals surface area contributed by atoms with Gasteiger partial charge in [0, 0.05) is 56.2 Å².